The van der Waals surface area contributed by atoms with Gasteiger partial charge in [0.2, 0.25) is 0 Å². The number of benzene rings is 1. The molecular weight excluding hydrogens is 222 g/mol. The van der Waals surface area contributed by atoms with Crippen molar-refractivity contribution in [2.24, 2.45) is 0 Å². The van der Waals surface area contributed by atoms with E-state index in [-0.39, 0.29) is 11.5 Å². The number of rotatable bonds is 4. The number of hydrogen-bond acceptors (Lipinski definition) is 2. The maximum Gasteiger partial charge on any atom is 0.0636 e. The summed E-state index contributed by atoms with van der Waals surface area (Å²) in [6, 6.07) is 4.57. The van der Waals surface area contributed by atoms with E-state index in [0.717, 1.165) is 6.54 Å². The fourth-order valence-electron chi connectivity index (χ4n) is 2.11. The van der Waals surface area contributed by atoms with Gasteiger partial charge in [-0.1, -0.05) is 32.9 Å². The molecule has 0 amide bonds. The van der Waals surface area contributed by atoms with Gasteiger partial charge in [0, 0.05) is 13.1 Å². The van der Waals surface area contributed by atoms with E-state index in [2.05, 4.69) is 52.1 Å². The first-order chi connectivity index (χ1) is 8.21. The van der Waals surface area contributed by atoms with Gasteiger partial charge in [0.05, 0.1) is 6.10 Å². The molecule has 0 heterocycles. The highest BCUT2D eigenvalue weighted by Crippen LogP contribution is 2.26. The molecule has 0 fully saturated rings. The Hall–Kier alpha value is -0.860. The van der Waals surface area contributed by atoms with E-state index in [1.165, 1.54) is 22.3 Å². The van der Waals surface area contributed by atoms with Gasteiger partial charge in [0.15, 0.2) is 0 Å². The fourth-order valence-corrected chi connectivity index (χ4v) is 2.11. The van der Waals surface area contributed by atoms with E-state index >= 15 is 0 Å². The van der Waals surface area contributed by atoms with Gasteiger partial charge >= 0.3 is 0 Å². The molecule has 0 radical (unpaired) electrons. The van der Waals surface area contributed by atoms with Gasteiger partial charge in [0.1, 0.15) is 0 Å². The maximum atomic E-state index is 9.26. The smallest absolute Gasteiger partial charge is 0.0636 e. The van der Waals surface area contributed by atoms with Crippen LogP contribution in [0.1, 0.15) is 49.9 Å². The Morgan fingerprint density at radius 1 is 1.17 bits per heavy atom. The Morgan fingerprint density at radius 2 is 1.67 bits per heavy atom. The van der Waals surface area contributed by atoms with Crippen molar-refractivity contribution in [3.05, 3.63) is 34.4 Å². The number of aliphatic hydroxyl groups is 1. The molecular formula is C16H27NO. The molecule has 2 heteroatoms. The second kappa shape index (κ2) is 5.85. The maximum absolute atomic E-state index is 9.26. The number of aryl methyl sites for hydroxylation is 2. The molecule has 18 heavy (non-hydrogen) atoms. The molecule has 0 spiro atoms. The molecule has 0 saturated carbocycles. The fraction of sp³-hybridized carbons (Fsp3) is 0.625. The Kier molecular flexibility index (Phi) is 4.94. The highest BCUT2D eigenvalue weighted by atomic mass is 16.3. The highest BCUT2D eigenvalue weighted by Gasteiger charge is 2.16. The molecule has 0 aliphatic heterocycles. The van der Waals surface area contributed by atoms with Crippen LogP contribution < -0.4 is 5.32 Å². The summed E-state index contributed by atoms with van der Waals surface area (Å²) >= 11 is 0. The van der Waals surface area contributed by atoms with Crippen molar-refractivity contribution < 1.29 is 5.11 Å². The third-order valence-corrected chi connectivity index (χ3v) is 3.30. The summed E-state index contributed by atoms with van der Waals surface area (Å²) in [6.07, 6.45) is -0.292. The second-order valence-corrected chi connectivity index (χ2v) is 6.32. The monoisotopic (exact) mass is 249 g/mol. The van der Waals surface area contributed by atoms with Crippen molar-refractivity contribution in [2.75, 3.05) is 6.54 Å². The lowest BCUT2D eigenvalue weighted by molar-refractivity contribution is 0.191. The van der Waals surface area contributed by atoms with Crippen LogP contribution in [0.25, 0.3) is 0 Å². The van der Waals surface area contributed by atoms with Crippen LogP contribution in [0.15, 0.2) is 12.1 Å². The van der Waals surface area contributed by atoms with Gasteiger partial charge in [-0.2, -0.15) is 0 Å². The molecule has 0 aliphatic carbocycles. The van der Waals surface area contributed by atoms with E-state index < -0.39 is 0 Å². The lowest BCUT2D eigenvalue weighted by atomic mass is 9.84. The van der Waals surface area contributed by atoms with Crippen LogP contribution in [0.3, 0.4) is 0 Å². The first-order valence-corrected chi connectivity index (χ1v) is 6.71. The lowest BCUT2D eigenvalue weighted by Gasteiger charge is -2.22. The first kappa shape index (κ1) is 15.2. The minimum absolute atomic E-state index is 0.196. The largest absolute Gasteiger partial charge is 0.392 e. The standard InChI is InChI=1S/C16H27NO/c1-11-7-14(16(4,5)6)8-12(2)15(11)10-17-9-13(3)18/h7-8,13,17-18H,9-10H2,1-6H3. The van der Waals surface area contributed by atoms with Crippen molar-refractivity contribution in [3.63, 3.8) is 0 Å². The van der Waals surface area contributed by atoms with Crippen LogP contribution in [0, 0.1) is 13.8 Å². The molecule has 1 aromatic carbocycles. The summed E-state index contributed by atoms with van der Waals surface area (Å²) in [6.45, 7) is 14.3. The van der Waals surface area contributed by atoms with E-state index in [9.17, 15) is 5.11 Å². The van der Waals surface area contributed by atoms with E-state index in [1.54, 1.807) is 6.92 Å². The average molecular weight is 249 g/mol. The van der Waals surface area contributed by atoms with Gasteiger partial charge < -0.3 is 10.4 Å². The molecule has 102 valence electrons. The van der Waals surface area contributed by atoms with Crippen LogP contribution in [0.4, 0.5) is 0 Å². The van der Waals surface area contributed by atoms with Gasteiger partial charge in [-0.15, -0.1) is 0 Å². The molecule has 2 N–H and O–H groups in total. The average Bonchev–Trinajstić information content (AvgIpc) is 2.20. The first-order valence-electron chi connectivity index (χ1n) is 6.71. The topological polar surface area (TPSA) is 32.3 Å². The van der Waals surface area contributed by atoms with Gasteiger partial charge in [-0.25, -0.2) is 0 Å². The summed E-state index contributed by atoms with van der Waals surface area (Å²) < 4.78 is 0. The van der Waals surface area contributed by atoms with Crippen LogP contribution in [-0.4, -0.2) is 17.8 Å². The van der Waals surface area contributed by atoms with Gasteiger partial charge in [-0.3, -0.25) is 0 Å². The van der Waals surface area contributed by atoms with Crippen molar-refractivity contribution >= 4 is 0 Å². The summed E-state index contributed by atoms with van der Waals surface area (Å²) in [5.41, 5.74) is 5.60. The molecule has 1 aromatic rings. The lowest BCUT2D eigenvalue weighted by Crippen LogP contribution is -2.24. The van der Waals surface area contributed by atoms with Gasteiger partial charge in [-0.05, 0) is 48.4 Å². The SMILES string of the molecule is Cc1cc(C(C)(C)C)cc(C)c1CNCC(C)O. The van der Waals surface area contributed by atoms with Crippen molar-refractivity contribution in [1.29, 1.82) is 0 Å². The molecule has 2 nitrogen and oxygen atoms in total. The van der Waals surface area contributed by atoms with E-state index in [1.807, 2.05) is 0 Å². The number of hydrogen-bond donors (Lipinski definition) is 2. The Bertz CT molecular complexity index is 379. The summed E-state index contributed by atoms with van der Waals surface area (Å²) in [5, 5.41) is 12.5. The third-order valence-electron chi connectivity index (χ3n) is 3.30. The zero-order valence-electron chi connectivity index (χ0n) is 12.6. The summed E-state index contributed by atoms with van der Waals surface area (Å²) in [5.74, 6) is 0. The molecule has 1 rings (SSSR count). The predicted octanol–water partition coefficient (Wildman–Crippen LogP) is 3.07. The molecule has 0 bridgehead atoms. The van der Waals surface area contributed by atoms with Crippen LogP contribution >= 0.6 is 0 Å². The molecule has 1 atom stereocenters. The molecule has 0 aromatic heterocycles. The zero-order chi connectivity index (χ0) is 13.9. The third kappa shape index (κ3) is 4.11. The molecule has 1 unspecified atom stereocenters. The minimum Gasteiger partial charge on any atom is -0.392 e. The second-order valence-electron chi connectivity index (χ2n) is 6.32. The quantitative estimate of drug-likeness (QED) is 0.859. The van der Waals surface area contributed by atoms with E-state index in [0.29, 0.717) is 6.54 Å². The normalized spacial score (nSPS) is 13.7. The zero-order valence-corrected chi connectivity index (χ0v) is 12.6. The van der Waals surface area contributed by atoms with Crippen LogP contribution in [0.2, 0.25) is 0 Å². The Morgan fingerprint density at radius 3 is 2.06 bits per heavy atom. The summed E-state index contributed by atoms with van der Waals surface area (Å²) in [7, 11) is 0. The summed E-state index contributed by atoms with van der Waals surface area (Å²) in [4.78, 5) is 0. The Balaban J connectivity index is 2.88. The van der Waals surface area contributed by atoms with Crippen molar-refractivity contribution in [2.45, 2.75) is 59.6 Å². The van der Waals surface area contributed by atoms with E-state index in [4.69, 9.17) is 0 Å². The molecule has 0 aliphatic rings. The van der Waals surface area contributed by atoms with Crippen molar-refractivity contribution in [1.82, 2.24) is 5.32 Å². The highest BCUT2D eigenvalue weighted by molar-refractivity contribution is 5.40. The number of aliphatic hydroxyl groups excluding tert-OH is 1. The van der Waals surface area contributed by atoms with Crippen LogP contribution in [-0.2, 0) is 12.0 Å². The number of nitrogens with one attached hydrogen (secondary N) is 1. The van der Waals surface area contributed by atoms with Crippen LogP contribution in [0.5, 0.6) is 0 Å². The predicted molar refractivity (Wildman–Crippen MR) is 78.0 cm³/mol. The van der Waals surface area contributed by atoms with Crippen molar-refractivity contribution in [3.8, 4) is 0 Å². The van der Waals surface area contributed by atoms with Gasteiger partial charge in [0.25, 0.3) is 0 Å². The molecule has 0 saturated heterocycles. The Labute approximate surface area is 111 Å². The minimum atomic E-state index is -0.292.